The highest BCUT2D eigenvalue weighted by molar-refractivity contribution is 5.78. The number of carboxylic acids is 1. The molecule has 4 atom stereocenters. The average molecular weight is 482 g/mol. The van der Waals surface area contributed by atoms with Gasteiger partial charge in [0.1, 0.15) is 5.82 Å². The number of carbonyl (C=O) groups excluding carboxylic acids is 1. The van der Waals surface area contributed by atoms with Crippen LogP contribution in [0.25, 0.3) is 0 Å². The second-order valence-electron chi connectivity index (χ2n) is 9.76. The van der Waals surface area contributed by atoms with E-state index < -0.39 is 12.0 Å². The van der Waals surface area contributed by atoms with E-state index in [1.807, 2.05) is 4.90 Å². The quantitative estimate of drug-likeness (QED) is 0.551. The smallest absolute Gasteiger partial charge is 0.320 e. The zero-order valence-electron chi connectivity index (χ0n) is 20.9. The maximum Gasteiger partial charge on any atom is 0.320 e. The molecule has 0 saturated carbocycles. The molecule has 4 rings (SSSR count). The lowest BCUT2D eigenvalue weighted by atomic mass is 9.90. The van der Waals surface area contributed by atoms with E-state index in [0.717, 1.165) is 24.4 Å². The highest BCUT2D eigenvalue weighted by Crippen LogP contribution is 2.34. The van der Waals surface area contributed by atoms with Crippen LogP contribution < -0.4 is 10.1 Å². The standard InChI is InChI=1S/C26H35N5O4/c1-16(21-7-6-20-17(2)13-18(3)28-25(20)29-21)9-10-30-11-12-31(26(30)34)22(14-24(32)33)19-5-8-23(35-4)27-15-19/h5-8,15-18,22H,9-14H2,1-4H3,(H,28,29)(H,32,33). The van der Waals surface area contributed by atoms with E-state index in [-0.39, 0.29) is 18.4 Å². The van der Waals surface area contributed by atoms with Crippen molar-refractivity contribution in [2.75, 3.05) is 32.1 Å². The van der Waals surface area contributed by atoms with Gasteiger partial charge in [-0.2, -0.15) is 0 Å². The first-order chi connectivity index (χ1) is 16.8. The number of rotatable bonds is 9. The van der Waals surface area contributed by atoms with Crippen molar-refractivity contribution in [3.05, 3.63) is 47.3 Å². The summed E-state index contributed by atoms with van der Waals surface area (Å²) in [5.41, 5.74) is 2.97. The molecule has 0 aromatic carbocycles. The Morgan fingerprint density at radius 2 is 2.06 bits per heavy atom. The molecule has 0 aliphatic carbocycles. The first-order valence-corrected chi connectivity index (χ1v) is 12.3. The number of carboxylic acid groups (broad SMARTS) is 1. The van der Waals surface area contributed by atoms with Crippen molar-refractivity contribution >= 4 is 17.8 Å². The van der Waals surface area contributed by atoms with Crippen LogP contribution in [0.5, 0.6) is 5.88 Å². The monoisotopic (exact) mass is 481 g/mol. The molecule has 0 spiro atoms. The second kappa shape index (κ2) is 10.5. The SMILES string of the molecule is COc1ccc(C(CC(=O)O)N2CCN(CCC(C)c3ccc4c(n3)NC(C)CC4C)C2=O)cn1. The number of amides is 2. The number of pyridine rings is 2. The van der Waals surface area contributed by atoms with Crippen molar-refractivity contribution in [2.45, 2.75) is 64.0 Å². The van der Waals surface area contributed by atoms with Crippen molar-refractivity contribution in [1.29, 1.82) is 0 Å². The Morgan fingerprint density at radius 3 is 2.74 bits per heavy atom. The van der Waals surface area contributed by atoms with E-state index in [0.29, 0.717) is 43.0 Å². The summed E-state index contributed by atoms with van der Waals surface area (Å²) in [4.78, 5) is 37.3. The maximum absolute atomic E-state index is 13.2. The summed E-state index contributed by atoms with van der Waals surface area (Å²) in [6.07, 6.45) is 3.30. The van der Waals surface area contributed by atoms with Gasteiger partial charge in [0.2, 0.25) is 5.88 Å². The summed E-state index contributed by atoms with van der Waals surface area (Å²) in [5, 5.41) is 13.0. The van der Waals surface area contributed by atoms with Crippen LogP contribution in [0, 0.1) is 0 Å². The summed E-state index contributed by atoms with van der Waals surface area (Å²) < 4.78 is 5.10. The first kappa shape index (κ1) is 24.8. The predicted molar refractivity (Wildman–Crippen MR) is 133 cm³/mol. The number of ether oxygens (including phenoxy) is 1. The molecular formula is C26H35N5O4. The largest absolute Gasteiger partial charge is 0.481 e. The van der Waals surface area contributed by atoms with Crippen LogP contribution in [0.15, 0.2) is 30.5 Å². The number of fused-ring (bicyclic) bond motifs is 1. The number of nitrogens with zero attached hydrogens (tertiary/aromatic N) is 4. The Balaban J connectivity index is 1.40. The molecule has 2 aromatic heterocycles. The lowest BCUT2D eigenvalue weighted by molar-refractivity contribution is -0.138. The van der Waals surface area contributed by atoms with Gasteiger partial charge in [0.25, 0.3) is 0 Å². The van der Waals surface area contributed by atoms with Crippen LogP contribution in [0.3, 0.4) is 0 Å². The minimum Gasteiger partial charge on any atom is -0.481 e. The number of methoxy groups -OCH3 is 1. The molecule has 0 bridgehead atoms. The summed E-state index contributed by atoms with van der Waals surface area (Å²) in [6.45, 7) is 8.20. The summed E-state index contributed by atoms with van der Waals surface area (Å²) in [5.74, 6) is 1.15. The van der Waals surface area contributed by atoms with E-state index in [1.165, 1.54) is 12.7 Å². The van der Waals surface area contributed by atoms with Crippen molar-refractivity contribution in [1.82, 2.24) is 19.8 Å². The second-order valence-corrected chi connectivity index (χ2v) is 9.76. The normalized spacial score (nSPS) is 21.3. The Morgan fingerprint density at radius 1 is 1.26 bits per heavy atom. The number of nitrogens with one attached hydrogen (secondary N) is 1. The van der Waals surface area contributed by atoms with E-state index in [4.69, 9.17) is 9.72 Å². The summed E-state index contributed by atoms with van der Waals surface area (Å²) >= 11 is 0. The molecular weight excluding hydrogens is 446 g/mol. The van der Waals surface area contributed by atoms with Crippen molar-refractivity contribution in [3.8, 4) is 5.88 Å². The fraction of sp³-hybridized carbons (Fsp3) is 0.538. The molecule has 4 heterocycles. The molecule has 1 saturated heterocycles. The molecule has 0 radical (unpaired) electrons. The van der Waals surface area contributed by atoms with Gasteiger partial charge in [-0.05, 0) is 42.9 Å². The fourth-order valence-corrected chi connectivity index (χ4v) is 5.10. The van der Waals surface area contributed by atoms with Crippen LogP contribution in [0.2, 0.25) is 0 Å². The molecule has 188 valence electrons. The highest BCUT2D eigenvalue weighted by Gasteiger charge is 2.36. The van der Waals surface area contributed by atoms with Crippen molar-refractivity contribution in [3.63, 3.8) is 0 Å². The van der Waals surface area contributed by atoms with Crippen LogP contribution in [-0.2, 0) is 4.79 Å². The van der Waals surface area contributed by atoms with Crippen molar-refractivity contribution < 1.29 is 19.4 Å². The molecule has 1 fully saturated rings. The van der Waals surface area contributed by atoms with Gasteiger partial charge in [-0.3, -0.25) is 4.79 Å². The van der Waals surface area contributed by atoms with E-state index in [2.05, 4.69) is 43.2 Å². The molecule has 2 aromatic rings. The van der Waals surface area contributed by atoms with Gasteiger partial charge in [0.15, 0.2) is 0 Å². The lowest BCUT2D eigenvalue weighted by Gasteiger charge is -2.29. The van der Waals surface area contributed by atoms with E-state index >= 15 is 0 Å². The molecule has 9 heteroatoms. The third-order valence-corrected chi connectivity index (χ3v) is 7.13. The summed E-state index contributed by atoms with van der Waals surface area (Å²) in [7, 11) is 1.52. The average Bonchev–Trinajstić information content (AvgIpc) is 3.20. The minimum absolute atomic E-state index is 0.137. The third kappa shape index (κ3) is 5.49. The van der Waals surface area contributed by atoms with E-state index in [9.17, 15) is 14.7 Å². The highest BCUT2D eigenvalue weighted by atomic mass is 16.5. The van der Waals surface area contributed by atoms with Crippen LogP contribution >= 0.6 is 0 Å². The fourth-order valence-electron chi connectivity index (χ4n) is 5.10. The van der Waals surface area contributed by atoms with Gasteiger partial charge in [-0.1, -0.05) is 26.0 Å². The topological polar surface area (TPSA) is 108 Å². The first-order valence-electron chi connectivity index (χ1n) is 12.3. The zero-order chi connectivity index (χ0) is 25.1. The number of hydrogen-bond donors (Lipinski definition) is 2. The number of hydrogen-bond acceptors (Lipinski definition) is 6. The van der Waals surface area contributed by atoms with Gasteiger partial charge >= 0.3 is 12.0 Å². The van der Waals surface area contributed by atoms with Crippen LogP contribution in [0.4, 0.5) is 10.6 Å². The molecule has 2 aliphatic heterocycles. The molecule has 2 amide bonds. The van der Waals surface area contributed by atoms with Crippen LogP contribution in [-0.4, -0.2) is 69.7 Å². The minimum atomic E-state index is -0.957. The van der Waals surface area contributed by atoms with Crippen LogP contribution in [0.1, 0.15) is 74.7 Å². The maximum atomic E-state index is 13.2. The molecule has 2 N–H and O–H groups in total. The number of carbonyl (C=O) groups is 2. The number of urea groups is 1. The molecule has 9 nitrogen and oxygen atoms in total. The lowest BCUT2D eigenvalue weighted by Crippen LogP contribution is -2.36. The number of aromatic nitrogens is 2. The molecule has 4 unspecified atom stereocenters. The Labute approximate surface area is 206 Å². The van der Waals surface area contributed by atoms with Gasteiger partial charge < -0.3 is 25.0 Å². The van der Waals surface area contributed by atoms with Crippen molar-refractivity contribution in [2.24, 2.45) is 0 Å². The zero-order valence-corrected chi connectivity index (χ0v) is 20.9. The van der Waals surface area contributed by atoms with Gasteiger partial charge in [-0.15, -0.1) is 0 Å². The molecule has 2 aliphatic rings. The number of anilines is 1. The molecule has 35 heavy (non-hydrogen) atoms. The Bertz CT molecular complexity index is 1060. The van der Waals surface area contributed by atoms with Gasteiger partial charge in [0.05, 0.1) is 19.6 Å². The number of aliphatic carboxylic acids is 1. The van der Waals surface area contributed by atoms with Gasteiger partial charge in [-0.25, -0.2) is 14.8 Å². The summed E-state index contributed by atoms with van der Waals surface area (Å²) in [6, 6.07) is 7.44. The third-order valence-electron chi connectivity index (χ3n) is 7.13. The predicted octanol–water partition coefficient (Wildman–Crippen LogP) is 4.24. The van der Waals surface area contributed by atoms with Gasteiger partial charge in [0, 0.05) is 49.6 Å². The Kier molecular flexibility index (Phi) is 7.42. The van der Waals surface area contributed by atoms with E-state index in [1.54, 1.807) is 23.2 Å². The Hall–Kier alpha value is -3.36.